The number of benzene rings is 2. The van der Waals surface area contributed by atoms with Gasteiger partial charge in [0.25, 0.3) is 0 Å². The molecule has 0 aromatic heterocycles. The Morgan fingerprint density at radius 1 is 1.00 bits per heavy atom. The Morgan fingerprint density at radius 2 is 1.58 bits per heavy atom. The van der Waals surface area contributed by atoms with Crippen LogP contribution in [-0.2, 0) is 10.0 Å². The smallest absolute Gasteiger partial charge is 0.243 e. The third kappa shape index (κ3) is 3.54. The molecule has 1 aliphatic heterocycles. The largest absolute Gasteiger partial charge is 0.496 e. The van der Waals surface area contributed by atoms with Crippen molar-refractivity contribution in [1.82, 2.24) is 4.31 Å². The van der Waals surface area contributed by atoms with E-state index < -0.39 is 10.0 Å². The summed E-state index contributed by atoms with van der Waals surface area (Å²) in [4.78, 5) is 2.44. The number of hydrogen-bond donors (Lipinski definition) is 0. The first kappa shape index (κ1) is 19.0. The summed E-state index contributed by atoms with van der Waals surface area (Å²) in [7, 11) is -1.93. The lowest BCUT2D eigenvalue weighted by molar-refractivity contribution is 0.384. The maximum atomic E-state index is 13.0. The van der Waals surface area contributed by atoms with Gasteiger partial charge in [0.05, 0.1) is 22.7 Å². The number of halogens is 1. The molecule has 0 bridgehead atoms. The number of hydrogen-bond acceptors (Lipinski definition) is 4. The van der Waals surface area contributed by atoms with E-state index >= 15 is 0 Å². The average molecular weight is 395 g/mol. The van der Waals surface area contributed by atoms with Crippen molar-refractivity contribution in [3.63, 3.8) is 0 Å². The van der Waals surface area contributed by atoms with E-state index in [0.29, 0.717) is 36.1 Å². The van der Waals surface area contributed by atoms with Gasteiger partial charge in [-0.25, -0.2) is 8.42 Å². The fourth-order valence-corrected chi connectivity index (χ4v) is 5.26. The zero-order valence-corrected chi connectivity index (χ0v) is 16.8. The lowest BCUT2D eigenvalue weighted by Crippen LogP contribution is -2.48. The quantitative estimate of drug-likeness (QED) is 0.796. The van der Waals surface area contributed by atoms with Gasteiger partial charge in [-0.1, -0.05) is 23.7 Å². The Bertz CT molecular complexity index is 884. The molecular weight excluding hydrogens is 372 g/mol. The predicted octanol–water partition coefficient (Wildman–Crippen LogP) is 3.48. The van der Waals surface area contributed by atoms with Crippen LogP contribution in [-0.4, -0.2) is 46.0 Å². The summed E-state index contributed by atoms with van der Waals surface area (Å²) in [6.45, 7) is 5.80. The number of ether oxygens (including phenoxy) is 1. The Morgan fingerprint density at radius 3 is 2.12 bits per heavy atom. The minimum absolute atomic E-state index is 0.319. The fourth-order valence-electron chi connectivity index (χ4n) is 3.41. The second kappa shape index (κ2) is 7.47. The molecular formula is C19H23ClN2O3S. The summed E-state index contributed by atoms with van der Waals surface area (Å²) in [5.41, 5.74) is 2.59. The fraction of sp³-hybridized carbons (Fsp3) is 0.368. The number of anilines is 1. The molecule has 26 heavy (non-hydrogen) atoms. The van der Waals surface area contributed by atoms with E-state index in [-0.39, 0.29) is 0 Å². The van der Waals surface area contributed by atoms with Crippen LogP contribution in [0, 0.1) is 13.8 Å². The maximum absolute atomic E-state index is 13.0. The van der Waals surface area contributed by atoms with Crippen LogP contribution in [0.3, 0.4) is 0 Å². The average Bonchev–Trinajstić information content (AvgIpc) is 2.62. The van der Waals surface area contributed by atoms with Crippen LogP contribution in [0.2, 0.25) is 5.02 Å². The number of nitrogens with zero attached hydrogens (tertiary/aromatic N) is 2. The molecule has 1 fully saturated rings. The zero-order chi connectivity index (χ0) is 18.9. The maximum Gasteiger partial charge on any atom is 0.243 e. The normalized spacial score (nSPS) is 15.9. The highest BCUT2D eigenvalue weighted by atomic mass is 35.5. The molecule has 0 aliphatic carbocycles. The third-order valence-corrected chi connectivity index (χ3v) is 6.90. The zero-order valence-electron chi connectivity index (χ0n) is 15.2. The first-order valence-electron chi connectivity index (χ1n) is 8.49. The summed E-state index contributed by atoms with van der Waals surface area (Å²) in [6, 6.07) is 11.0. The number of aryl methyl sites for hydroxylation is 2. The SMILES string of the molecule is COc1c(C)cc(S(=O)(=O)N2CCN(c3ccccc3Cl)CC2)cc1C. The highest BCUT2D eigenvalue weighted by molar-refractivity contribution is 7.89. The van der Waals surface area contributed by atoms with Gasteiger partial charge in [0, 0.05) is 26.2 Å². The van der Waals surface area contributed by atoms with Crippen LogP contribution in [0.4, 0.5) is 5.69 Å². The van der Waals surface area contributed by atoms with Gasteiger partial charge in [-0.05, 0) is 49.2 Å². The molecule has 2 aromatic rings. The molecule has 1 aliphatic rings. The van der Waals surface area contributed by atoms with Gasteiger partial charge in [-0.15, -0.1) is 0 Å². The second-order valence-corrected chi connectivity index (χ2v) is 8.78. The molecule has 2 aromatic carbocycles. The molecule has 1 heterocycles. The second-order valence-electron chi connectivity index (χ2n) is 6.43. The molecule has 0 unspecified atom stereocenters. The van der Waals surface area contributed by atoms with Gasteiger partial charge < -0.3 is 9.64 Å². The van der Waals surface area contributed by atoms with E-state index in [4.69, 9.17) is 16.3 Å². The van der Waals surface area contributed by atoms with E-state index in [1.807, 2.05) is 38.1 Å². The highest BCUT2D eigenvalue weighted by Crippen LogP contribution is 2.30. The minimum atomic E-state index is -3.53. The molecule has 0 amide bonds. The summed E-state index contributed by atoms with van der Waals surface area (Å²) in [5.74, 6) is 0.729. The number of para-hydroxylation sites is 1. The number of methoxy groups -OCH3 is 1. The molecule has 0 radical (unpaired) electrons. The van der Waals surface area contributed by atoms with Crippen LogP contribution in [0.1, 0.15) is 11.1 Å². The molecule has 1 saturated heterocycles. The van der Waals surface area contributed by atoms with Crippen molar-refractivity contribution < 1.29 is 13.2 Å². The van der Waals surface area contributed by atoms with E-state index in [1.54, 1.807) is 23.5 Å². The van der Waals surface area contributed by atoms with E-state index in [1.165, 1.54) is 0 Å². The van der Waals surface area contributed by atoms with E-state index in [9.17, 15) is 8.42 Å². The van der Waals surface area contributed by atoms with Crippen LogP contribution in [0.25, 0.3) is 0 Å². The molecule has 7 heteroatoms. The minimum Gasteiger partial charge on any atom is -0.496 e. The molecule has 0 N–H and O–H groups in total. The predicted molar refractivity (Wildman–Crippen MR) is 105 cm³/mol. The van der Waals surface area contributed by atoms with Gasteiger partial charge in [-0.3, -0.25) is 0 Å². The Kier molecular flexibility index (Phi) is 5.46. The molecule has 5 nitrogen and oxygen atoms in total. The van der Waals surface area contributed by atoms with Crippen molar-refractivity contribution in [3.05, 3.63) is 52.5 Å². The molecule has 0 atom stereocenters. The number of rotatable bonds is 4. The van der Waals surface area contributed by atoms with Gasteiger partial charge in [0.2, 0.25) is 10.0 Å². The summed E-state index contributed by atoms with van der Waals surface area (Å²) < 4.78 is 33.0. The Hall–Kier alpha value is -1.76. The molecule has 3 rings (SSSR count). The molecule has 0 spiro atoms. The Labute approximate surface area is 160 Å². The van der Waals surface area contributed by atoms with Crippen molar-refractivity contribution >= 4 is 27.3 Å². The van der Waals surface area contributed by atoms with Crippen molar-refractivity contribution in [2.45, 2.75) is 18.7 Å². The van der Waals surface area contributed by atoms with Gasteiger partial charge >= 0.3 is 0 Å². The highest BCUT2D eigenvalue weighted by Gasteiger charge is 2.29. The van der Waals surface area contributed by atoms with E-state index in [0.717, 1.165) is 22.6 Å². The monoisotopic (exact) mass is 394 g/mol. The Balaban J connectivity index is 1.79. The number of sulfonamides is 1. The van der Waals surface area contributed by atoms with Crippen molar-refractivity contribution in [3.8, 4) is 5.75 Å². The van der Waals surface area contributed by atoms with Gasteiger partial charge in [-0.2, -0.15) is 4.31 Å². The van der Waals surface area contributed by atoms with Crippen molar-refractivity contribution in [2.75, 3.05) is 38.2 Å². The van der Waals surface area contributed by atoms with Crippen molar-refractivity contribution in [2.24, 2.45) is 0 Å². The van der Waals surface area contributed by atoms with Crippen LogP contribution >= 0.6 is 11.6 Å². The van der Waals surface area contributed by atoms with Gasteiger partial charge in [0.15, 0.2) is 0 Å². The molecule has 140 valence electrons. The van der Waals surface area contributed by atoms with Crippen molar-refractivity contribution in [1.29, 1.82) is 0 Å². The topological polar surface area (TPSA) is 49.9 Å². The van der Waals surface area contributed by atoms with Crippen LogP contribution in [0.15, 0.2) is 41.3 Å². The summed E-state index contributed by atoms with van der Waals surface area (Å²) >= 11 is 6.26. The van der Waals surface area contributed by atoms with Crippen LogP contribution in [0.5, 0.6) is 5.75 Å². The lowest BCUT2D eigenvalue weighted by Gasteiger charge is -2.35. The van der Waals surface area contributed by atoms with Crippen LogP contribution < -0.4 is 9.64 Å². The standard InChI is InChI=1S/C19H23ClN2O3S/c1-14-12-16(13-15(2)19(14)25-3)26(23,24)22-10-8-21(9-11-22)18-7-5-4-6-17(18)20/h4-7,12-13H,8-11H2,1-3H3. The third-order valence-electron chi connectivity index (χ3n) is 4.71. The lowest BCUT2D eigenvalue weighted by atomic mass is 10.1. The summed E-state index contributed by atoms with van der Waals surface area (Å²) in [5, 5.41) is 0.685. The first-order valence-corrected chi connectivity index (χ1v) is 10.3. The summed E-state index contributed by atoms with van der Waals surface area (Å²) in [6.07, 6.45) is 0. The number of piperazine rings is 1. The molecule has 0 saturated carbocycles. The first-order chi connectivity index (χ1) is 12.3. The van der Waals surface area contributed by atoms with E-state index in [2.05, 4.69) is 4.90 Å². The van der Waals surface area contributed by atoms with Gasteiger partial charge in [0.1, 0.15) is 5.75 Å².